The van der Waals surface area contributed by atoms with Crippen LogP contribution in [-0.4, -0.2) is 22.8 Å². The first kappa shape index (κ1) is 10.9. The Hall–Kier alpha value is -1.13. The van der Waals surface area contributed by atoms with Crippen LogP contribution in [0.25, 0.3) is 0 Å². The van der Waals surface area contributed by atoms with E-state index in [9.17, 15) is 5.11 Å². The Balaban J connectivity index is 2.43. The van der Waals surface area contributed by atoms with Gasteiger partial charge in [0, 0.05) is 6.54 Å². The number of aromatic nitrogens is 1. The average Bonchev–Trinajstić information content (AvgIpc) is 2.26. The molecule has 1 rings (SSSR count). The lowest BCUT2D eigenvalue weighted by Crippen LogP contribution is -2.16. The van der Waals surface area contributed by atoms with Gasteiger partial charge in [0.15, 0.2) is 0 Å². The number of hydrogen-bond acceptors (Lipinski definition) is 4. The van der Waals surface area contributed by atoms with Gasteiger partial charge in [-0.3, -0.25) is 4.98 Å². The van der Waals surface area contributed by atoms with E-state index in [1.807, 2.05) is 13.0 Å². The monoisotopic (exact) mass is 196 g/mol. The Labute approximate surface area is 83.7 Å². The Morgan fingerprint density at radius 2 is 2.36 bits per heavy atom. The molecule has 4 nitrogen and oxygen atoms in total. The van der Waals surface area contributed by atoms with Gasteiger partial charge in [-0.1, -0.05) is 6.92 Å². The van der Waals surface area contributed by atoms with Crippen molar-refractivity contribution in [3.05, 3.63) is 24.0 Å². The predicted octanol–water partition coefficient (Wildman–Crippen LogP) is 0.690. The van der Waals surface area contributed by atoms with Crippen LogP contribution >= 0.6 is 0 Å². The molecule has 3 N–H and O–H groups in total. The van der Waals surface area contributed by atoms with E-state index in [2.05, 4.69) is 4.98 Å². The molecular weight excluding hydrogens is 180 g/mol. The number of nitrogens with two attached hydrogens (primary N) is 1. The molecule has 0 amide bonds. The van der Waals surface area contributed by atoms with Crippen molar-refractivity contribution in [2.24, 2.45) is 5.73 Å². The second kappa shape index (κ2) is 5.57. The highest BCUT2D eigenvalue weighted by Crippen LogP contribution is 2.09. The fourth-order valence-corrected chi connectivity index (χ4v) is 0.927. The molecule has 1 unspecified atom stereocenters. The number of nitrogens with zero attached hydrogens (tertiary/aromatic N) is 1. The molecule has 1 heterocycles. The molecule has 4 heteroatoms. The van der Waals surface area contributed by atoms with Crippen molar-refractivity contribution in [2.45, 2.75) is 26.0 Å². The summed E-state index contributed by atoms with van der Waals surface area (Å²) in [5, 5.41) is 9.25. The van der Waals surface area contributed by atoms with Crippen LogP contribution in [-0.2, 0) is 6.54 Å². The third-order valence-corrected chi connectivity index (χ3v) is 1.92. The topological polar surface area (TPSA) is 68.4 Å². The van der Waals surface area contributed by atoms with Crippen molar-refractivity contribution in [2.75, 3.05) is 6.61 Å². The average molecular weight is 196 g/mol. The van der Waals surface area contributed by atoms with E-state index in [1.54, 1.807) is 12.3 Å². The van der Waals surface area contributed by atoms with E-state index in [-0.39, 0.29) is 0 Å². The van der Waals surface area contributed by atoms with Crippen LogP contribution in [0.15, 0.2) is 18.3 Å². The van der Waals surface area contributed by atoms with E-state index < -0.39 is 6.10 Å². The molecule has 78 valence electrons. The van der Waals surface area contributed by atoms with Crippen LogP contribution in [0.4, 0.5) is 0 Å². The highest BCUT2D eigenvalue weighted by Gasteiger charge is 2.01. The maximum Gasteiger partial charge on any atom is 0.137 e. The molecule has 0 saturated heterocycles. The number of rotatable bonds is 5. The summed E-state index contributed by atoms with van der Waals surface area (Å²) in [6.45, 7) is 2.64. The van der Waals surface area contributed by atoms with Gasteiger partial charge in [0.05, 0.1) is 18.0 Å². The van der Waals surface area contributed by atoms with Crippen LogP contribution in [0.3, 0.4) is 0 Å². The Morgan fingerprint density at radius 1 is 1.57 bits per heavy atom. The third-order valence-electron chi connectivity index (χ3n) is 1.92. The van der Waals surface area contributed by atoms with Gasteiger partial charge < -0.3 is 15.6 Å². The summed E-state index contributed by atoms with van der Waals surface area (Å²) >= 11 is 0. The van der Waals surface area contributed by atoms with E-state index in [0.29, 0.717) is 25.3 Å². The fraction of sp³-hybridized carbons (Fsp3) is 0.500. The number of aliphatic hydroxyl groups excluding tert-OH is 1. The van der Waals surface area contributed by atoms with E-state index >= 15 is 0 Å². The van der Waals surface area contributed by atoms with Gasteiger partial charge in [0.2, 0.25) is 0 Å². The largest absolute Gasteiger partial charge is 0.489 e. The first-order valence-electron chi connectivity index (χ1n) is 4.72. The molecule has 0 saturated carbocycles. The van der Waals surface area contributed by atoms with Gasteiger partial charge in [-0.25, -0.2) is 0 Å². The zero-order chi connectivity index (χ0) is 10.4. The van der Waals surface area contributed by atoms with Crippen molar-refractivity contribution in [3.63, 3.8) is 0 Å². The molecule has 0 aliphatic heterocycles. The lowest BCUT2D eigenvalue weighted by Gasteiger charge is -2.09. The normalized spacial score (nSPS) is 12.5. The number of aliphatic hydroxyl groups is 1. The maximum atomic E-state index is 9.25. The molecule has 0 fully saturated rings. The zero-order valence-electron chi connectivity index (χ0n) is 8.31. The van der Waals surface area contributed by atoms with Crippen molar-refractivity contribution >= 4 is 0 Å². The number of ether oxygens (including phenoxy) is 1. The molecule has 0 bridgehead atoms. The van der Waals surface area contributed by atoms with E-state index in [1.165, 1.54) is 0 Å². The van der Waals surface area contributed by atoms with Crippen molar-refractivity contribution in [1.82, 2.24) is 4.98 Å². The summed E-state index contributed by atoms with van der Waals surface area (Å²) in [7, 11) is 0. The molecule has 0 spiro atoms. The molecular formula is C10H16N2O2. The Kier molecular flexibility index (Phi) is 4.35. The molecule has 14 heavy (non-hydrogen) atoms. The van der Waals surface area contributed by atoms with Gasteiger partial charge in [0.25, 0.3) is 0 Å². The predicted molar refractivity (Wildman–Crippen MR) is 53.9 cm³/mol. The first-order chi connectivity index (χ1) is 6.76. The number of hydrogen-bond donors (Lipinski definition) is 2. The number of pyridine rings is 1. The van der Waals surface area contributed by atoms with Crippen LogP contribution in [0, 0.1) is 0 Å². The second-order valence-corrected chi connectivity index (χ2v) is 3.06. The van der Waals surface area contributed by atoms with Gasteiger partial charge >= 0.3 is 0 Å². The van der Waals surface area contributed by atoms with Gasteiger partial charge in [0.1, 0.15) is 12.4 Å². The van der Waals surface area contributed by atoms with Crippen LogP contribution in [0.5, 0.6) is 5.75 Å². The van der Waals surface area contributed by atoms with Gasteiger partial charge in [-0.2, -0.15) is 0 Å². The minimum Gasteiger partial charge on any atom is -0.489 e. The van der Waals surface area contributed by atoms with E-state index in [4.69, 9.17) is 10.5 Å². The summed E-state index contributed by atoms with van der Waals surface area (Å²) in [5.74, 6) is 0.662. The van der Waals surface area contributed by atoms with Crippen molar-refractivity contribution in [1.29, 1.82) is 0 Å². The van der Waals surface area contributed by atoms with Gasteiger partial charge in [-0.15, -0.1) is 0 Å². The molecule has 0 aliphatic carbocycles. The van der Waals surface area contributed by atoms with Crippen molar-refractivity contribution in [3.8, 4) is 5.75 Å². The van der Waals surface area contributed by atoms with Crippen LogP contribution < -0.4 is 10.5 Å². The second-order valence-electron chi connectivity index (χ2n) is 3.06. The molecule has 0 radical (unpaired) electrons. The minimum absolute atomic E-state index is 0.306. The fourth-order valence-electron chi connectivity index (χ4n) is 0.927. The summed E-state index contributed by atoms with van der Waals surface area (Å²) in [6, 6.07) is 3.62. The SMILES string of the molecule is CCC(O)COc1ccc(CN)nc1. The summed E-state index contributed by atoms with van der Waals surface area (Å²) in [6.07, 6.45) is 1.89. The maximum absolute atomic E-state index is 9.25. The highest BCUT2D eigenvalue weighted by molar-refractivity contribution is 5.19. The lowest BCUT2D eigenvalue weighted by atomic mass is 10.3. The summed E-state index contributed by atoms with van der Waals surface area (Å²) in [4.78, 5) is 4.07. The summed E-state index contributed by atoms with van der Waals surface area (Å²) < 4.78 is 5.30. The van der Waals surface area contributed by atoms with Crippen LogP contribution in [0.2, 0.25) is 0 Å². The zero-order valence-corrected chi connectivity index (χ0v) is 8.31. The van der Waals surface area contributed by atoms with E-state index in [0.717, 1.165) is 5.69 Å². The van der Waals surface area contributed by atoms with Crippen LogP contribution in [0.1, 0.15) is 19.0 Å². The minimum atomic E-state index is -0.413. The lowest BCUT2D eigenvalue weighted by molar-refractivity contribution is 0.104. The third kappa shape index (κ3) is 3.32. The molecule has 1 aromatic heterocycles. The molecule has 0 aliphatic rings. The molecule has 1 aromatic rings. The highest BCUT2D eigenvalue weighted by atomic mass is 16.5. The first-order valence-corrected chi connectivity index (χ1v) is 4.72. The smallest absolute Gasteiger partial charge is 0.137 e. The van der Waals surface area contributed by atoms with Gasteiger partial charge in [-0.05, 0) is 18.6 Å². The van der Waals surface area contributed by atoms with Crippen molar-refractivity contribution < 1.29 is 9.84 Å². The molecule has 0 aromatic carbocycles. The quantitative estimate of drug-likeness (QED) is 0.727. The Bertz CT molecular complexity index is 261. The Morgan fingerprint density at radius 3 is 2.86 bits per heavy atom. The molecule has 1 atom stereocenters. The summed E-state index contributed by atoms with van der Waals surface area (Å²) in [5.41, 5.74) is 6.23. The standard InChI is InChI=1S/C10H16N2O2/c1-2-9(13)7-14-10-4-3-8(5-11)12-6-10/h3-4,6,9,13H,2,5,7,11H2,1H3.